The minimum atomic E-state index is -1.22. The SMILES string of the molecule is CN(CC1CCCO1)C(=O)Nc1ccc(O)cc1C(=O)O. The fraction of sp³-hybridized carbons (Fsp3) is 0.429. The van der Waals surface area contributed by atoms with Crippen molar-refractivity contribution in [1.82, 2.24) is 4.90 Å². The van der Waals surface area contributed by atoms with Crippen LogP contribution in [0.15, 0.2) is 18.2 Å². The topological polar surface area (TPSA) is 99.1 Å². The third-order valence-corrected chi connectivity index (χ3v) is 3.32. The van der Waals surface area contributed by atoms with E-state index in [1.54, 1.807) is 7.05 Å². The number of hydrogen-bond donors (Lipinski definition) is 3. The number of carboxylic acid groups (broad SMARTS) is 1. The second kappa shape index (κ2) is 6.45. The van der Waals surface area contributed by atoms with E-state index >= 15 is 0 Å². The van der Waals surface area contributed by atoms with E-state index in [0.29, 0.717) is 13.2 Å². The van der Waals surface area contributed by atoms with Crippen LogP contribution in [0.5, 0.6) is 5.75 Å². The van der Waals surface area contributed by atoms with Crippen molar-refractivity contribution in [1.29, 1.82) is 0 Å². The largest absolute Gasteiger partial charge is 0.508 e. The van der Waals surface area contributed by atoms with Gasteiger partial charge in [0.15, 0.2) is 0 Å². The van der Waals surface area contributed by atoms with Crippen LogP contribution in [0.2, 0.25) is 0 Å². The molecule has 1 saturated heterocycles. The van der Waals surface area contributed by atoms with E-state index in [1.165, 1.54) is 17.0 Å². The molecule has 0 saturated carbocycles. The van der Waals surface area contributed by atoms with E-state index in [1.807, 2.05) is 0 Å². The number of nitrogens with zero attached hydrogens (tertiary/aromatic N) is 1. The molecule has 0 aliphatic carbocycles. The Morgan fingerprint density at radius 2 is 2.24 bits per heavy atom. The van der Waals surface area contributed by atoms with E-state index in [2.05, 4.69) is 5.32 Å². The number of ether oxygens (including phenoxy) is 1. The minimum Gasteiger partial charge on any atom is -0.508 e. The monoisotopic (exact) mass is 294 g/mol. The van der Waals surface area contributed by atoms with Crippen molar-refractivity contribution < 1.29 is 24.5 Å². The van der Waals surface area contributed by atoms with Crippen molar-refractivity contribution in [2.24, 2.45) is 0 Å². The van der Waals surface area contributed by atoms with Gasteiger partial charge in [-0.05, 0) is 31.0 Å². The van der Waals surface area contributed by atoms with Gasteiger partial charge in [0.1, 0.15) is 5.75 Å². The number of hydrogen-bond acceptors (Lipinski definition) is 4. The average Bonchev–Trinajstić information content (AvgIpc) is 2.93. The van der Waals surface area contributed by atoms with Crippen molar-refractivity contribution in [3.8, 4) is 5.75 Å². The lowest BCUT2D eigenvalue weighted by atomic mass is 10.1. The van der Waals surface area contributed by atoms with E-state index in [-0.39, 0.29) is 23.1 Å². The molecule has 1 fully saturated rings. The van der Waals surface area contributed by atoms with Gasteiger partial charge < -0.3 is 25.2 Å². The number of amides is 2. The van der Waals surface area contributed by atoms with Gasteiger partial charge in [-0.3, -0.25) is 0 Å². The van der Waals surface area contributed by atoms with Gasteiger partial charge in [0.25, 0.3) is 0 Å². The first-order valence-electron chi connectivity index (χ1n) is 6.67. The highest BCUT2D eigenvalue weighted by molar-refractivity contribution is 6.00. The Kier molecular flexibility index (Phi) is 4.64. The van der Waals surface area contributed by atoms with Crippen molar-refractivity contribution in [3.05, 3.63) is 23.8 Å². The van der Waals surface area contributed by atoms with Gasteiger partial charge >= 0.3 is 12.0 Å². The van der Waals surface area contributed by atoms with Crippen LogP contribution in [0.4, 0.5) is 10.5 Å². The molecule has 0 bridgehead atoms. The maximum absolute atomic E-state index is 12.1. The fourth-order valence-electron chi connectivity index (χ4n) is 2.21. The summed E-state index contributed by atoms with van der Waals surface area (Å²) in [5.41, 5.74) is -0.0154. The molecule has 0 aromatic heterocycles. The molecular formula is C14H18N2O5. The number of phenols is 1. The Morgan fingerprint density at radius 3 is 2.86 bits per heavy atom. The van der Waals surface area contributed by atoms with Crippen LogP contribution in [-0.4, -0.2) is 53.4 Å². The molecule has 0 radical (unpaired) electrons. The Morgan fingerprint density at radius 1 is 1.48 bits per heavy atom. The zero-order valence-corrected chi connectivity index (χ0v) is 11.7. The fourth-order valence-corrected chi connectivity index (χ4v) is 2.21. The van der Waals surface area contributed by atoms with Crippen LogP contribution in [-0.2, 0) is 4.74 Å². The third kappa shape index (κ3) is 3.85. The first-order chi connectivity index (χ1) is 9.97. The number of carboxylic acids is 1. The minimum absolute atomic E-state index is 0.0273. The summed E-state index contributed by atoms with van der Waals surface area (Å²) in [6, 6.07) is 3.36. The second-order valence-electron chi connectivity index (χ2n) is 4.98. The molecule has 3 N–H and O–H groups in total. The van der Waals surface area contributed by atoms with Crippen LogP contribution < -0.4 is 5.32 Å². The predicted octanol–water partition coefficient (Wildman–Crippen LogP) is 1.73. The molecule has 7 heteroatoms. The summed E-state index contributed by atoms with van der Waals surface area (Å²) in [7, 11) is 1.62. The Hall–Kier alpha value is -2.28. The summed E-state index contributed by atoms with van der Waals surface area (Å²) < 4.78 is 5.45. The van der Waals surface area contributed by atoms with Gasteiger partial charge in [0.2, 0.25) is 0 Å². The van der Waals surface area contributed by atoms with Crippen LogP contribution in [0.25, 0.3) is 0 Å². The molecule has 2 amide bonds. The molecule has 7 nitrogen and oxygen atoms in total. The lowest BCUT2D eigenvalue weighted by Crippen LogP contribution is -2.37. The number of likely N-dealkylation sites (N-methyl/N-ethyl adjacent to an activating group) is 1. The molecule has 1 aromatic carbocycles. The van der Waals surface area contributed by atoms with Crippen LogP contribution in [0, 0.1) is 0 Å². The first kappa shape index (κ1) is 15.1. The number of aromatic carboxylic acids is 1. The van der Waals surface area contributed by atoms with Crippen LogP contribution in [0.3, 0.4) is 0 Å². The number of phenolic OH excluding ortho intramolecular Hbond substituents is 1. The highest BCUT2D eigenvalue weighted by Crippen LogP contribution is 2.22. The van der Waals surface area contributed by atoms with Crippen molar-refractivity contribution in [2.75, 3.05) is 25.5 Å². The third-order valence-electron chi connectivity index (χ3n) is 3.32. The van der Waals surface area contributed by atoms with Crippen LogP contribution >= 0.6 is 0 Å². The Bertz CT molecular complexity index is 540. The maximum atomic E-state index is 12.1. The number of aromatic hydroxyl groups is 1. The van der Waals surface area contributed by atoms with Gasteiger partial charge in [0.05, 0.1) is 17.4 Å². The van der Waals surface area contributed by atoms with Crippen molar-refractivity contribution in [3.63, 3.8) is 0 Å². The normalized spacial score (nSPS) is 17.5. The molecule has 2 rings (SSSR count). The molecule has 21 heavy (non-hydrogen) atoms. The second-order valence-corrected chi connectivity index (χ2v) is 4.98. The summed E-state index contributed by atoms with van der Waals surface area (Å²) in [5.74, 6) is -1.39. The van der Waals surface area contributed by atoms with E-state index in [4.69, 9.17) is 9.84 Å². The standard InChI is InChI=1S/C14H18N2O5/c1-16(8-10-3-2-6-21-10)14(20)15-12-5-4-9(17)7-11(12)13(18)19/h4-5,7,10,17H,2-3,6,8H2,1H3,(H,15,20)(H,18,19). The summed E-state index contributed by atoms with van der Waals surface area (Å²) in [5, 5.41) is 20.9. The molecule has 1 aliphatic rings. The Balaban J connectivity index is 2.03. The molecule has 1 aromatic rings. The quantitative estimate of drug-likeness (QED) is 0.734. The van der Waals surface area contributed by atoms with E-state index < -0.39 is 12.0 Å². The number of carbonyl (C=O) groups excluding carboxylic acids is 1. The number of urea groups is 1. The molecule has 1 atom stereocenters. The number of anilines is 1. The van der Waals surface area contributed by atoms with Gasteiger partial charge in [0, 0.05) is 20.2 Å². The molecular weight excluding hydrogens is 276 g/mol. The number of nitrogens with one attached hydrogen (secondary N) is 1. The first-order valence-corrected chi connectivity index (χ1v) is 6.67. The summed E-state index contributed by atoms with van der Waals surface area (Å²) in [4.78, 5) is 24.6. The highest BCUT2D eigenvalue weighted by atomic mass is 16.5. The average molecular weight is 294 g/mol. The van der Waals surface area contributed by atoms with Crippen molar-refractivity contribution in [2.45, 2.75) is 18.9 Å². The summed E-state index contributed by atoms with van der Waals surface area (Å²) in [6.45, 7) is 1.16. The number of rotatable bonds is 4. The van der Waals surface area contributed by atoms with Gasteiger partial charge in [-0.15, -0.1) is 0 Å². The zero-order chi connectivity index (χ0) is 15.4. The lowest BCUT2D eigenvalue weighted by Gasteiger charge is -2.21. The summed E-state index contributed by atoms with van der Waals surface area (Å²) >= 11 is 0. The molecule has 1 unspecified atom stereocenters. The van der Waals surface area contributed by atoms with E-state index in [0.717, 1.165) is 18.9 Å². The zero-order valence-electron chi connectivity index (χ0n) is 11.7. The molecule has 1 aliphatic heterocycles. The maximum Gasteiger partial charge on any atom is 0.337 e. The van der Waals surface area contributed by atoms with E-state index in [9.17, 15) is 14.7 Å². The predicted molar refractivity (Wildman–Crippen MR) is 75.7 cm³/mol. The summed E-state index contributed by atoms with van der Waals surface area (Å²) in [6.07, 6.45) is 1.93. The van der Waals surface area contributed by atoms with Gasteiger partial charge in [-0.2, -0.15) is 0 Å². The van der Waals surface area contributed by atoms with Gasteiger partial charge in [-0.25, -0.2) is 9.59 Å². The highest BCUT2D eigenvalue weighted by Gasteiger charge is 2.21. The molecule has 0 spiro atoms. The van der Waals surface area contributed by atoms with Crippen molar-refractivity contribution >= 4 is 17.7 Å². The Labute approximate surface area is 122 Å². The smallest absolute Gasteiger partial charge is 0.337 e. The number of benzene rings is 1. The van der Waals surface area contributed by atoms with Crippen LogP contribution in [0.1, 0.15) is 23.2 Å². The molecule has 1 heterocycles. The number of carbonyl (C=O) groups is 2. The van der Waals surface area contributed by atoms with Gasteiger partial charge in [-0.1, -0.05) is 0 Å². The lowest BCUT2D eigenvalue weighted by molar-refractivity contribution is 0.0697. The molecule has 114 valence electrons.